The number of ether oxygens (including phenoxy) is 1. The lowest BCUT2D eigenvalue weighted by molar-refractivity contribution is 0.0179. The molecule has 1 heterocycles. The first-order valence-corrected chi connectivity index (χ1v) is 5.30. The van der Waals surface area contributed by atoms with E-state index >= 15 is 0 Å². The monoisotopic (exact) mass is 253 g/mol. The molecule has 6 heteroatoms. The summed E-state index contributed by atoms with van der Waals surface area (Å²) < 4.78 is 32.3. The molecular weight excluding hydrogens is 240 g/mol. The number of hydrogen-bond acceptors (Lipinski definition) is 3. The summed E-state index contributed by atoms with van der Waals surface area (Å²) in [6, 6.07) is 5.98. The standard InChI is InChI=1S/C12H13F2N3O/c1-12(13,14)7-4-3-5-9(18-2)11(7)8-6-10(15)17-16-8/h3-6H,1-2H3,(H3,15,16,17). The second kappa shape index (κ2) is 4.29. The molecule has 0 radical (unpaired) electrons. The zero-order valence-electron chi connectivity index (χ0n) is 10.00. The number of anilines is 1. The van der Waals surface area contributed by atoms with Crippen molar-refractivity contribution < 1.29 is 13.5 Å². The first-order chi connectivity index (χ1) is 8.43. The average molecular weight is 253 g/mol. The Morgan fingerprint density at radius 1 is 1.39 bits per heavy atom. The van der Waals surface area contributed by atoms with Gasteiger partial charge < -0.3 is 10.5 Å². The Labute approximate surface area is 103 Å². The van der Waals surface area contributed by atoms with Gasteiger partial charge in [-0.3, -0.25) is 5.10 Å². The minimum absolute atomic E-state index is 0.134. The predicted octanol–water partition coefficient (Wildman–Crippen LogP) is 2.78. The maximum absolute atomic E-state index is 13.6. The third-order valence-electron chi connectivity index (χ3n) is 2.59. The number of nitrogens with zero attached hydrogens (tertiary/aromatic N) is 1. The molecule has 0 unspecified atom stereocenters. The number of hydrogen-bond donors (Lipinski definition) is 2. The van der Waals surface area contributed by atoms with Crippen molar-refractivity contribution in [3.05, 3.63) is 29.8 Å². The Morgan fingerprint density at radius 3 is 2.61 bits per heavy atom. The van der Waals surface area contributed by atoms with Crippen LogP contribution in [0.5, 0.6) is 5.75 Å². The Kier molecular flexibility index (Phi) is 2.94. The number of halogens is 2. The van der Waals surface area contributed by atoms with E-state index in [1.165, 1.54) is 25.3 Å². The van der Waals surface area contributed by atoms with Gasteiger partial charge in [-0.05, 0) is 6.07 Å². The highest BCUT2D eigenvalue weighted by molar-refractivity contribution is 5.73. The molecule has 2 aromatic rings. The van der Waals surface area contributed by atoms with Gasteiger partial charge in [0.05, 0.1) is 18.4 Å². The third-order valence-corrected chi connectivity index (χ3v) is 2.59. The van der Waals surface area contributed by atoms with Gasteiger partial charge in [-0.15, -0.1) is 0 Å². The Morgan fingerprint density at radius 2 is 2.11 bits per heavy atom. The number of rotatable bonds is 3. The molecular formula is C12H13F2N3O. The molecule has 4 nitrogen and oxygen atoms in total. The molecule has 0 aliphatic rings. The fraction of sp³-hybridized carbons (Fsp3) is 0.250. The summed E-state index contributed by atoms with van der Waals surface area (Å²) in [7, 11) is 1.43. The summed E-state index contributed by atoms with van der Waals surface area (Å²) >= 11 is 0. The average Bonchev–Trinajstić information content (AvgIpc) is 2.73. The normalized spacial score (nSPS) is 11.6. The SMILES string of the molecule is COc1cccc(C(C)(F)F)c1-c1cc(N)n[nH]1. The van der Waals surface area contributed by atoms with Crippen molar-refractivity contribution in [2.75, 3.05) is 12.8 Å². The van der Waals surface area contributed by atoms with Crippen LogP contribution in [0.4, 0.5) is 14.6 Å². The van der Waals surface area contributed by atoms with Gasteiger partial charge in [-0.25, -0.2) is 8.78 Å². The van der Waals surface area contributed by atoms with E-state index in [0.717, 1.165) is 6.92 Å². The van der Waals surface area contributed by atoms with Crippen LogP contribution in [0.2, 0.25) is 0 Å². The van der Waals surface area contributed by atoms with Crippen molar-refractivity contribution in [2.24, 2.45) is 0 Å². The number of alkyl halides is 2. The second-order valence-corrected chi connectivity index (χ2v) is 3.98. The minimum atomic E-state index is -2.98. The van der Waals surface area contributed by atoms with Gasteiger partial charge in [0.2, 0.25) is 0 Å². The van der Waals surface area contributed by atoms with E-state index in [2.05, 4.69) is 10.2 Å². The Bertz CT molecular complexity index is 561. The maximum atomic E-state index is 13.6. The lowest BCUT2D eigenvalue weighted by Crippen LogP contribution is -2.10. The van der Waals surface area contributed by atoms with Gasteiger partial charge >= 0.3 is 0 Å². The van der Waals surface area contributed by atoms with Gasteiger partial charge in [0.1, 0.15) is 11.6 Å². The lowest BCUT2D eigenvalue weighted by Gasteiger charge is -2.17. The van der Waals surface area contributed by atoms with Gasteiger partial charge in [0.15, 0.2) is 0 Å². The molecule has 0 saturated carbocycles. The zero-order valence-corrected chi connectivity index (χ0v) is 10.00. The molecule has 0 spiro atoms. The Balaban J connectivity index is 2.69. The van der Waals surface area contributed by atoms with Crippen LogP contribution in [-0.2, 0) is 5.92 Å². The molecule has 0 aliphatic heterocycles. The predicted molar refractivity (Wildman–Crippen MR) is 64.6 cm³/mol. The van der Waals surface area contributed by atoms with Crippen molar-refractivity contribution >= 4 is 5.82 Å². The molecule has 2 rings (SSSR count). The van der Waals surface area contributed by atoms with Crippen molar-refractivity contribution in [1.29, 1.82) is 0 Å². The van der Waals surface area contributed by atoms with E-state index in [4.69, 9.17) is 10.5 Å². The highest BCUT2D eigenvalue weighted by Crippen LogP contribution is 2.40. The molecule has 0 saturated heterocycles. The van der Waals surface area contributed by atoms with Gasteiger partial charge in [0, 0.05) is 18.6 Å². The number of H-pyrrole nitrogens is 1. The number of methoxy groups -OCH3 is 1. The van der Waals surface area contributed by atoms with Crippen LogP contribution < -0.4 is 10.5 Å². The van der Waals surface area contributed by atoms with Crippen molar-refractivity contribution in [3.63, 3.8) is 0 Å². The summed E-state index contributed by atoms with van der Waals surface area (Å²) in [5, 5.41) is 6.36. The summed E-state index contributed by atoms with van der Waals surface area (Å²) in [4.78, 5) is 0. The molecule has 1 aromatic carbocycles. The van der Waals surface area contributed by atoms with Crippen LogP contribution in [0.1, 0.15) is 12.5 Å². The number of benzene rings is 1. The fourth-order valence-corrected chi connectivity index (χ4v) is 1.81. The van der Waals surface area contributed by atoms with E-state index in [1.54, 1.807) is 6.07 Å². The van der Waals surface area contributed by atoms with Crippen molar-refractivity contribution in [3.8, 4) is 17.0 Å². The lowest BCUT2D eigenvalue weighted by atomic mass is 9.99. The molecule has 18 heavy (non-hydrogen) atoms. The highest BCUT2D eigenvalue weighted by atomic mass is 19.3. The second-order valence-electron chi connectivity index (χ2n) is 3.98. The summed E-state index contributed by atoms with van der Waals surface area (Å²) in [6.07, 6.45) is 0. The van der Waals surface area contributed by atoms with E-state index in [1.807, 2.05) is 0 Å². The maximum Gasteiger partial charge on any atom is 0.271 e. The number of nitrogen functional groups attached to an aromatic ring is 1. The quantitative estimate of drug-likeness (QED) is 0.884. The van der Waals surface area contributed by atoms with E-state index < -0.39 is 5.92 Å². The molecule has 0 atom stereocenters. The molecule has 0 amide bonds. The Hall–Kier alpha value is -2.11. The first kappa shape index (κ1) is 12.3. The van der Waals surface area contributed by atoms with Crippen LogP contribution in [0.3, 0.4) is 0 Å². The van der Waals surface area contributed by atoms with E-state index in [9.17, 15) is 8.78 Å². The van der Waals surface area contributed by atoms with Gasteiger partial charge in [-0.2, -0.15) is 5.10 Å². The van der Waals surface area contributed by atoms with Crippen LogP contribution in [0.25, 0.3) is 11.3 Å². The topological polar surface area (TPSA) is 63.9 Å². The fourth-order valence-electron chi connectivity index (χ4n) is 1.81. The minimum Gasteiger partial charge on any atom is -0.496 e. The van der Waals surface area contributed by atoms with Gasteiger partial charge in [-0.1, -0.05) is 12.1 Å². The summed E-state index contributed by atoms with van der Waals surface area (Å²) in [6.45, 7) is 0.838. The van der Waals surface area contributed by atoms with Crippen molar-refractivity contribution in [1.82, 2.24) is 10.2 Å². The molecule has 96 valence electrons. The molecule has 1 aromatic heterocycles. The number of aromatic nitrogens is 2. The largest absolute Gasteiger partial charge is 0.496 e. The highest BCUT2D eigenvalue weighted by Gasteiger charge is 2.30. The summed E-state index contributed by atoms with van der Waals surface area (Å²) in [5.74, 6) is -2.40. The zero-order chi connectivity index (χ0) is 13.3. The molecule has 3 N–H and O–H groups in total. The van der Waals surface area contributed by atoms with Crippen LogP contribution in [0.15, 0.2) is 24.3 Å². The summed E-state index contributed by atoms with van der Waals surface area (Å²) in [5.41, 5.74) is 6.04. The number of nitrogens with two attached hydrogens (primary N) is 1. The molecule has 0 fully saturated rings. The van der Waals surface area contributed by atoms with Crippen molar-refractivity contribution in [2.45, 2.75) is 12.8 Å². The number of nitrogens with one attached hydrogen (secondary N) is 1. The molecule has 0 aliphatic carbocycles. The van der Waals surface area contributed by atoms with Gasteiger partial charge in [0.25, 0.3) is 5.92 Å². The first-order valence-electron chi connectivity index (χ1n) is 5.30. The third kappa shape index (κ3) is 2.13. The smallest absolute Gasteiger partial charge is 0.271 e. The van der Waals surface area contributed by atoms with E-state index in [-0.39, 0.29) is 16.9 Å². The van der Waals surface area contributed by atoms with Crippen LogP contribution in [-0.4, -0.2) is 17.3 Å². The number of aromatic amines is 1. The molecule has 0 bridgehead atoms. The van der Waals surface area contributed by atoms with Crippen LogP contribution >= 0.6 is 0 Å². The van der Waals surface area contributed by atoms with Crippen LogP contribution in [0, 0.1) is 0 Å². The van der Waals surface area contributed by atoms with E-state index in [0.29, 0.717) is 11.4 Å².